The maximum absolute atomic E-state index is 13.3. The number of carbonyl (C=O) groups excluding carboxylic acids is 3. The van der Waals surface area contributed by atoms with E-state index < -0.39 is 12.1 Å². The topological polar surface area (TPSA) is 120 Å². The van der Waals surface area contributed by atoms with Crippen LogP contribution in [0.1, 0.15) is 59.7 Å². The molecule has 10 nitrogen and oxygen atoms in total. The number of halogens is 1. The van der Waals surface area contributed by atoms with Crippen molar-refractivity contribution in [3.63, 3.8) is 0 Å². The fraction of sp³-hybridized carbons (Fsp3) is 0.355. The Labute approximate surface area is 242 Å². The van der Waals surface area contributed by atoms with Crippen LogP contribution in [0.25, 0.3) is 11.3 Å². The van der Waals surface area contributed by atoms with Crippen LogP contribution in [0.15, 0.2) is 47.5 Å². The van der Waals surface area contributed by atoms with E-state index in [-0.39, 0.29) is 30.1 Å². The maximum atomic E-state index is 13.3. The highest BCUT2D eigenvalue weighted by molar-refractivity contribution is 6.07. The van der Waals surface area contributed by atoms with Gasteiger partial charge >= 0.3 is 5.97 Å². The van der Waals surface area contributed by atoms with Crippen molar-refractivity contribution in [2.24, 2.45) is 4.99 Å². The van der Waals surface area contributed by atoms with Crippen LogP contribution in [0.5, 0.6) is 11.6 Å². The number of benzene rings is 2. The molecule has 0 aliphatic carbocycles. The first-order valence-corrected chi connectivity index (χ1v) is 13.8. The molecule has 1 saturated heterocycles. The molecule has 1 amide bonds. The number of aromatic nitrogens is 2. The van der Waals surface area contributed by atoms with E-state index in [0.29, 0.717) is 72.4 Å². The Morgan fingerprint density at radius 1 is 1.02 bits per heavy atom. The van der Waals surface area contributed by atoms with Gasteiger partial charge in [-0.25, -0.2) is 9.37 Å². The van der Waals surface area contributed by atoms with Gasteiger partial charge in [0.2, 0.25) is 5.88 Å². The van der Waals surface area contributed by atoms with Crippen molar-refractivity contribution in [2.45, 2.75) is 52.2 Å². The van der Waals surface area contributed by atoms with E-state index in [4.69, 9.17) is 14.2 Å². The van der Waals surface area contributed by atoms with E-state index in [1.165, 1.54) is 32.0 Å². The van der Waals surface area contributed by atoms with Crippen molar-refractivity contribution in [1.29, 1.82) is 0 Å². The molecule has 42 heavy (non-hydrogen) atoms. The second-order valence-electron chi connectivity index (χ2n) is 10.2. The molecule has 3 heterocycles. The molecule has 2 atom stereocenters. The first kappa shape index (κ1) is 28.8. The van der Waals surface area contributed by atoms with Gasteiger partial charge in [-0.2, -0.15) is 4.98 Å². The number of esters is 1. The summed E-state index contributed by atoms with van der Waals surface area (Å²) >= 11 is 0. The molecule has 0 radical (unpaired) electrons. The number of hydrogen-bond donors (Lipinski definition) is 0. The van der Waals surface area contributed by atoms with Crippen LogP contribution in [0.4, 0.5) is 10.1 Å². The Morgan fingerprint density at radius 2 is 1.76 bits per heavy atom. The predicted octanol–water partition coefficient (Wildman–Crippen LogP) is 4.89. The molecule has 11 heteroatoms. The molecule has 5 rings (SSSR count). The fourth-order valence-corrected chi connectivity index (χ4v) is 5.03. The Hall–Kier alpha value is -4.67. The van der Waals surface area contributed by atoms with Crippen molar-refractivity contribution >= 4 is 29.6 Å². The van der Waals surface area contributed by atoms with E-state index in [1.54, 1.807) is 42.3 Å². The maximum Gasteiger partial charge on any atom is 0.302 e. The molecule has 0 spiro atoms. The Balaban J connectivity index is 1.18. The molecule has 1 fully saturated rings. The molecular formula is C31H31FN4O6. The number of Topliss-reactive ketones (excluding diaryl/α,β-unsaturated/α-hetero) is 1. The normalized spacial score (nSPS) is 17.3. The second-order valence-corrected chi connectivity index (χ2v) is 10.2. The summed E-state index contributed by atoms with van der Waals surface area (Å²) in [6, 6.07) is 10.6. The van der Waals surface area contributed by atoms with Gasteiger partial charge in [0, 0.05) is 37.3 Å². The minimum atomic E-state index is -0.394. The Morgan fingerprint density at radius 3 is 2.48 bits per heavy atom. The number of hydrogen-bond acceptors (Lipinski definition) is 9. The molecule has 2 aromatic carbocycles. The third-order valence-corrected chi connectivity index (χ3v) is 6.99. The lowest BCUT2D eigenvalue weighted by molar-refractivity contribution is -0.145. The molecule has 0 N–H and O–H groups in total. The number of aliphatic imine (C=N–C) groups is 1. The number of carbonyl (C=O) groups is 3. The lowest BCUT2D eigenvalue weighted by Crippen LogP contribution is -2.36. The second kappa shape index (κ2) is 12.5. The number of nitrogens with zero attached hydrogens (tertiary/aromatic N) is 4. The van der Waals surface area contributed by atoms with Gasteiger partial charge in [0.1, 0.15) is 23.5 Å². The third-order valence-electron chi connectivity index (χ3n) is 6.99. The van der Waals surface area contributed by atoms with Crippen LogP contribution in [0.2, 0.25) is 0 Å². The smallest absolute Gasteiger partial charge is 0.302 e. The van der Waals surface area contributed by atoms with Gasteiger partial charge in [-0.15, -0.1) is 0 Å². The largest absolute Gasteiger partial charge is 0.493 e. The van der Waals surface area contributed by atoms with E-state index in [2.05, 4.69) is 15.0 Å². The fourth-order valence-electron chi connectivity index (χ4n) is 5.03. The molecule has 218 valence electrons. The highest BCUT2D eigenvalue weighted by Crippen LogP contribution is 2.35. The van der Waals surface area contributed by atoms with Crippen LogP contribution in [0, 0.1) is 12.7 Å². The van der Waals surface area contributed by atoms with E-state index in [9.17, 15) is 18.8 Å². The zero-order valence-corrected chi connectivity index (χ0v) is 23.6. The summed E-state index contributed by atoms with van der Waals surface area (Å²) in [4.78, 5) is 52.0. The standard InChI is InChI=1S/C31H31FN4O6/c1-18(37)25-13-26-28(33-16-23-12-24(42-20(3)38)17-36(23)31(26)39)14-29(25)40-10-4-5-11-41-30-15-27(34-19(2)35-30)21-6-8-22(32)9-7-21/h6-9,13-16,23-24H,4-5,10-12,17H2,1-3H3/t23-,24?/m0/s1. The van der Waals surface area contributed by atoms with Gasteiger partial charge < -0.3 is 19.1 Å². The molecular weight excluding hydrogens is 543 g/mol. The van der Waals surface area contributed by atoms with Gasteiger partial charge in [-0.05, 0) is 57.0 Å². The monoisotopic (exact) mass is 574 g/mol. The van der Waals surface area contributed by atoms with Crippen molar-refractivity contribution in [3.8, 4) is 22.9 Å². The van der Waals surface area contributed by atoms with Crippen LogP contribution in [-0.2, 0) is 9.53 Å². The Kier molecular flexibility index (Phi) is 8.56. The number of aryl methyl sites for hydroxylation is 1. The van der Waals surface area contributed by atoms with Gasteiger partial charge in [0.15, 0.2) is 5.78 Å². The van der Waals surface area contributed by atoms with Gasteiger partial charge in [0.25, 0.3) is 5.91 Å². The summed E-state index contributed by atoms with van der Waals surface area (Å²) in [5, 5.41) is 0. The minimum absolute atomic E-state index is 0.232. The Bertz CT molecular complexity index is 1540. The number of unbranched alkanes of at least 4 members (excludes halogenated alkanes) is 1. The molecule has 0 saturated carbocycles. The first-order valence-electron chi connectivity index (χ1n) is 13.8. The zero-order chi connectivity index (χ0) is 29.8. The predicted molar refractivity (Wildman–Crippen MR) is 152 cm³/mol. The molecule has 1 aromatic heterocycles. The van der Waals surface area contributed by atoms with Crippen LogP contribution < -0.4 is 9.47 Å². The van der Waals surface area contributed by atoms with Crippen LogP contribution in [0.3, 0.4) is 0 Å². The highest BCUT2D eigenvalue weighted by Gasteiger charge is 2.39. The van der Waals surface area contributed by atoms with E-state index >= 15 is 0 Å². The lowest BCUT2D eigenvalue weighted by atomic mass is 10.0. The average Bonchev–Trinajstić information content (AvgIpc) is 3.29. The van der Waals surface area contributed by atoms with Crippen molar-refractivity contribution in [3.05, 3.63) is 65.2 Å². The van der Waals surface area contributed by atoms with Crippen molar-refractivity contribution in [2.75, 3.05) is 19.8 Å². The summed E-state index contributed by atoms with van der Waals surface area (Å²) in [6.07, 6.45) is 3.05. The van der Waals surface area contributed by atoms with Crippen molar-refractivity contribution in [1.82, 2.24) is 14.9 Å². The van der Waals surface area contributed by atoms with Gasteiger partial charge in [-0.3, -0.25) is 19.4 Å². The number of amides is 1. The molecule has 2 aliphatic heterocycles. The van der Waals surface area contributed by atoms with Crippen LogP contribution in [-0.4, -0.2) is 70.6 Å². The summed E-state index contributed by atoms with van der Waals surface area (Å²) in [7, 11) is 0. The van der Waals surface area contributed by atoms with Crippen LogP contribution >= 0.6 is 0 Å². The lowest BCUT2D eigenvalue weighted by Gasteiger charge is -2.20. The highest BCUT2D eigenvalue weighted by atomic mass is 19.1. The number of rotatable bonds is 10. The summed E-state index contributed by atoms with van der Waals surface area (Å²) in [6.45, 7) is 5.51. The number of ether oxygens (including phenoxy) is 3. The molecule has 0 bridgehead atoms. The van der Waals surface area contributed by atoms with E-state index in [1.807, 2.05) is 0 Å². The van der Waals surface area contributed by atoms with Gasteiger partial charge in [-0.1, -0.05) is 0 Å². The van der Waals surface area contributed by atoms with E-state index in [0.717, 1.165) is 5.56 Å². The number of ketones is 1. The SMILES string of the molecule is CC(=O)OC1C[C@H]2C=Nc3cc(OCCCCOc4cc(-c5ccc(F)cc5)nc(C)n4)c(C(C)=O)cc3C(=O)N2C1. The minimum Gasteiger partial charge on any atom is -0.493 e. The van der Waals surface area contributed by atoms with Crippen molar-refractivity contribution < 1.29 is 33.0 Å². The molecule has 3 aromatic rings. The summed E-state index contributed by atoms with van der Waals surface area (Å²) in [5.74, 6) is 0.120. The molecule has 1 unspecified atom stereocenters. The third kappa shape index (κ3) is 6.62. The van der Waals surface area contributed by atoms with Gasteiger partial charge in [0.05, 0.1) is 48.3 Å². The number of fused-ring (bicyclic) bond motifs is 2. The quantitative estimate of drug-likeness (QED) is 0.191. The first-order chi connectivity index (χ1) is 20.2. The zero-order valence-electron chi connectivity index (χ0n) is 23.6. The summed E-state index contributed by atoms with van der Waals surface area (Å²) in [5.41, 5.74) is 2.44. The molecule has 2 aliphatic rings. The average molecular weight is 575 g/mol. The summed E-state index contributed by atoms with van der Waals surface area (Å²) < 4.78 is 30.4.